The molecule has 0 fully saturated rings. The Hall–Kier alpha value is -2.00. The van der Waals surface area contributed by atoms with Crippen molar-refractivity contribution in [3.8, 4) is 11.5 Å². The quantitative estimate of drug-likeness (QED) is 0.330. The van der Waals surface area contributed by atoms with Gasteiger partial charge < -0.3 is 24.8 Å². The van der Waals surface area contributed by atoms with Gasteiger partial charge in [0, 0.05) is 19.7 Å². The lowest BCUT2D eigenvalue weighted by Crippen LogP contribution is -2.36. The summed E-state index contributed by atoms with van der Waals surface area (Å²) in [6.07, 6.45) is 0. The Kier molecular flexibility index (Phi) is 9.36. The highest BCUT2D eigenvalue weighted by atomic mass is 127. The predicted octanol–water partition coefficient (Wildman–Crippen LogP) is 3.83. The normalized spacial score (nSPS) is 12.4. The number of hydrogen-bond donors (Lipinski definition) is 2. The lowest BCUT2D eigenvalue weighted by molar-refractivity contribution is 0.134. The molecule has 2 N–H and O–H groups in total. The highest BCUT2D eigenvalue weighted by molar-refractivity contribution is 14.0. The van der Waals surface area contributed by atoms with Crippen LogP contribution < -0.4 is 20.1 Å². The van der Waals surface area contributed by atoms with Crippen LogP contribution in [0.4, 0.5) is 0 Å². The maximum Gasteiger partial charge on any atom is 0.231 e. The summed E-state index contributed by atoms with van der Waals surface area (Å²) < 4.78 is 16.2. The Morgan fingerprint density at radius 2 is 1.68 bits per heavy atom. The van der Waals surface area contributed by atoms with Crippen LogP contribution in [-0.4, -0.2) is 25.9 Å². The van der Waals surface area contributed by atoms with E-state index in [0.29, 0.717) is 19.7 Å². The lowest BCUT2D eigenvalue weighted by atomic mass is 10.1. The Morgan fingerprint density at radius 1 is 0.964 bits per heavy atom. The van der Waals surface area contributed by atoms with E-state index in [1.54, 1.807) is 0 Å². The van der Waals surface area contributed by atoms with Crippen molar-refractivity contribution in [3.63, 3.8) is 0 Å². The van der Waals surface area contributed by atoms with Crippen LogP contribution in [-0.2, 0) is 24.4 Å². The fourth-order valence-corrected chi connectivity index (χ4v) is 2.71. The molecule has 2 aromatic carbocycles. The molecule has 0 bridgehead atoms. The second kappa shape index (κ2) is 11.8. The van der Waals surface area contributed by atoms with Gasteiger partial charge in [-0.25, -0.2) is 4.99 Å². The average molecular weight is 497 g/mol. The molecular formula is C21H28IN3O3. The summed E-state index contributed by atoms with van der Waals surface area (Å²) in [6.45, 7) is 7.82. The Balaban J connectivity index is 0.00000280. The van der Waals surface area contributed by atoms with Crippen molar-refractivity contribution in [3.05, 3.63) is 59.2 Å². The summed E-state index contributed by atoms with van der Waals surface area (Å²) in [5.41, 5.74) is 3.46. The number of nitrogens with zero attached hydrogens (tertiary/aromatic N) is 1. The van der Waals surface area contributed by atoms with E-state index in [1.807, 2.05) is 25.1 Å². The zero-order valence-electron chi connectivity index (χ0n) is 16.4. The van der Waals surface area contributed by atoms with Crippen LogP contribution in [0, 0.1) is 0 Å². The Bertz CT molecular complexity index is 766. The molecule has 1 aliphatic heterocycles. The molecule has 6 nitrogen and oxygen atoms in total. The third kappa shape index (κ3) is 6.56. The van der Waals surface area contributed by atoms with Gasteiger partial charge in [0.15, 0.2) is 17.5 Å². The summed E-state index contributed by atoms with van der Waals surface area (Å²) >= 11 is 0. The van der Waals surface area contributed by atoms with Crippen molar-refractivity contribution in [2.45, 2.75) is 33.5 Å². The minimum Gasteiger partial charge on any atom is -0.454 e. The van der Waals surface area contributed by atoms with E-state index in [4.69, 9.17) is 14.2 Å². The standard InChI is InChI=1S/C21H27N3O3.HI/c1-3-22-21(23-12-16-5-7-17(8-6-16)14-25-4-2)24-13-18-9-10-19-20(11-18)27-15-26-19;/h5-11H,3-4,12-15H2,1-2H3,(H2,22,23,24);1H. The second-order valence-electron chi connectivity index (χ2n) is 6.19. The zero-order valence-corrected chi connectivity index (χ0v) is 18.7. The van der Waals surface area contributed by atoms with Gasteiger partial charge in [0.25, 0.3) is 0 Å². The summed E-state index contributed by atoms with van der Waals surface area (Å²) in [5, 5.41) is 6.65. The van der Waals surface area contributed by atoms with Gasteiger partial charge in [-0.3, -0.25) is 0 Å². The third-order valence-electron chi connectivity index (χ3n) is 4.16. The molecule has 2 aromatic rings. The molecule has 0 aliphatic carbocycles. The molecular weight excluding hydrogens is 469 g/mol. The predicted molar refractivity (Wildman–Crippen MR) is 121 cm³/mol. The molecule has 1 heterocycles. The van der Waals surface area contributed by atoms with Crippen molar-refractivity contribution >= 4 is 29.9 Å². The minimum atomic E-state index is 0. The molecule has 0 spiro atoms. The van der Waals surface area contributed by atoms with Gasteiger partial charge in [-0.1, -0.05) is 30.3 Å². The van der Waals surface area contributed by atoms with Crippen molar-refractivity contribution < 1.29 is 14.2 Å². The first-order valence-electron chi connectivity index (χ1n) is 9.34. The summed E-state index contributed by atoms with van der Waals surface area (Å²) in [6, 6.07) is 14.3. The van der Waals surface area contributed by atoms with Crippen molar-refractivity contribution in [1.82, 2.24) is 10.6 Å². The van der Waals surface area contributed by atoms with E-state index in [-0.39, 0.29) is 30.8 Å². The van der Waals surface area contributed by atoms with E-state index in [2.05, 4.69) is 46.8 Å². The van der Waals surface area contributed by atoms with Crippen molar-refractivity contribution in [1.29, 1.82) is 0 Å². The van der Waals surface area contributed by atoms with Gasteiger partial charge in [0.2, 0.25) is 6.79 Å². The van der Waals surface area contributed by atoms with Gasteiger partial charge in [0.1, 0.15) is 0 Å². The van der Waals surface area contributed by atoms with Crippen LogP contribution >= 0.6 is 24.0 Å². The molecule has 3 rings (SSSR count). The van der Waals surface area contributed by atoms with Gasteiger partial charge >= 0.3 is 0 Å². The maximum absolute atomic E-state index is 5.43. The van der Waals surface area contributed by atoms with Crippen LogP contribution in [0.5, 0.6) is 11.5 Å². The number of halogens is 1. The van der Waals surface area contributed by atoms with Crippen LogP contribution in [0.2, 0.25) is 0 Å². The van der Waals surface area contributed by atoms with E-state index in [0.717, 1.165) is 36.2 Å². The highest BCUT2D eigenvalue weighted by Crippen LogP contribution is 2.32. The van der Waals surface area contributed by atoms with Gasteiger partial charge in [-0.05, 0) is 42.7 Å². The van der Waals surface area contributed by atoms with E-state index < -0.39 is 0 Å². The Labute approximate surface area is 183 Å². The van der Waals surface area contributed by atoms with Crippen molar-refractivity contribution in [2.24, 2.45) is 4.99 Å². The number of ether oxygens (including phenoxy) is 3. The monoisotopic (exact) mass is 497 g/mol. The topological polar surface area (TPSA) is 64.1 Å². The van der Waals surface area contributed by atoms with Crippen LogP contribution in [0.25, 0.3) is 0 Å². The summed E-state index contributed by atoms with van der Waals surface area (Å²) in [7, 11) is 0. The average Bonchev–Trinajstić information content (AvgIpc) is 3.17. The van der Waals surface area contributed by atoms with Crippen molar-refractivity contribution in [2.75, 3.05) is 19.9 Å². The number of hydrogen-bond acceptors (Lipinski definition) is 4. The first-order chi connectivity index (χ1) is 13.3. The first-order valence-corrected chi connectivity index (χ1v) is 9.34. The number of nitrogens with one attached hydrogen (secondary N) is 2. The lowest BCUT2D eigenvalue weighted by Gasteiger charge is -2.12. The molecule has 1 aliphatic rings. The third-order valence-corrected chi connectivity index (χ3v) is 4.16. The molecule has 0 unspecified atom stereocenters. The molecule has 152 valence electrons. The SMILES string of the molecule is CCNC(=NCc1ccc2c(c1)OCO2)NCc1ccc(COCC)cc1.I. The van der Waals surface area contributed by atoms with Crippen LogP contribution in [0.15, 0.2) is 47.5 Å². The number of aliphatic imine (C=N–C) groups is 1. The van der Waals surface area contributed by atoms with E-state index in [9.17, 15) is 0 Å². The van der Waals surface area contributed by atoms with Crippen LogP contribution in [0.1, 0.15) is 30.5 Å². The fraction of sp³-hybridized carbons (Fsp3) is 0.381. The molecule has 0 saturated heterocycles. The molecule has 28 heavy (non-hydrogen) atoms. The molecule has 7 heteroatoms. The largest absolute Gasteiger partial charge is 0.454 e. The smallest absolute Gasteiger partial charge is 0.231 e. The van der Waals surface area contributed by atoms with Gasteiger partial charge in [-0.2, -0.15) is 0 Å². The van der Waals surface area contributed by atoms with Gasteiger partial charge in [-0.15, -0.1) is 24.0 Å². The van der Waals surface area contributed by atoms with Crippen LogP contribution in [0.3, 0.4) is 0 Å². The molecule has 0 aromatic heterocycles. The molecule has 0 amide bonds. The number of fused-ring (bicyclic) bond motifs is 1. The number of benzene rings is 2. The molecule has 0 radical (unpaired) electrons. The zero-order chi connectivity index (χ0) is 18.9. The second-order valence-corrected chi connectivity index (χ2v) is 6.19. The fourth-order valence-electron chi connectivity index (χ4n) is 2.71. The number of guanidine groups is 1. The summed E-state index contributed by atoms with van der Waals surface area (Å²) in [4.78, 5) is 4.66. The first kappa shape index (κ1) is 22.3. The highest BCUT2D eigenvalue weighted by Gasteiger charge is 2.12. The number of rotatable bonds is 8. The molecule has 0 atom stereocenters. The van der Waals surface area contributed by atoms with Gasteiger partial charge in [0.05, 0.1) is 13.2 Å². The summed E-state index contributed by atoms with van der Waals surface area (Å²) in [5.74, 6) is 2.36. The maximum atomic E-state index is 5.43. The molecule has 0 saturated carbocycles. The van der Waals surface area contributed by atoms with E-state index >= 15 is 0 Å². The van der Waals surface area contributed by atoms with E-state index in [1.165, 1.54) is 11.1 Å². The minimum absolute atomic E-state index is 0. The Morgan fingerprint density at radius 3 is 2.43 bits per heavy atom.